The van der Waals surface area contributed by atoms with Crippen LogP contribution in [0.5, 0.6) is 0 Å². The molecule has 0 spiro atoms. The first-order valence-corrected chi connectivity index (χ1v) is 5.48. The molecule has 0 fully saturated rings. The average Bonchev–Trinajstić information content (AvgIpc) is 1.81. The van der Waals surface area contributed by atoms with Crippen molar-refractivity contribution in [3.8, 4) is 0 Å². The van der Waals surface area contributed by atoms with E-state index in [9.17, 15) is 0 Å². The summed E-state index contributed by atoms with van der Waals surface area (Å²) >= 11 is 0. The molecule has 0 aromatic rings. The Bertz CT molecular complexity index is 245. The van der Waals surface area contributed by atoms with Crippen molar-refractivity contribution in [2.75, 3.05) is 0 Å². The van der Waals surface area contributed by atoms with Crippen molar-refractivity contribution in [2.45, 2.75) is 39.8 Å². The monoisotopic (exact) mass is 228 g/mol. The van der Waals surface area contributed by atoms with Gasteiger partial charge in [-0.1, -0.05) is 20.8 Å². The highest BCUT2D eigenvalue weighted by Gasteiger charge is 2.31. The Morgan fingerprint density at radius 3 is 1.36 bits per heavy atom. The van der Waals surface area contributed by atoms with Gasteiger partial charge in [0.05, 0.1) is 5.66 Å². The van der Waals surface area contributed by atoms with Gasteiger partial charge in [-0.05, 0) is 18.8 Å². The lowest BCUT2D eigenvalue weighted by Crippen LogP contribution is -2.57. The van der Waals surface area contributed by atoms with E-state index < -0.39 is 16.1 Å². The fourth-order valence-electron chi connectivity index (χ4n) is 0.381. The van der Waals surface area contributed by atoms with Crippen molar-refractivity contribution in [1.29, 1.82) is 0 Å². The summed E-state index contributed by atoms with van der Waals surface area (Å²) in [6.07, 6.45) is 1.01. The van der Waals surface area contributed by atoms with Crippen LogP contribution in [-0.4, -0.2) is 23.2 Å². The van der Waals surface area contributed by atoms with E-state index >= 15 is 0 Å². The van der Waals surface area contributed by atoms with Crippen LogP contribution in [0.25, 0.3) is 0 Å². The summed E-state index contributed by atoms with van der Waals surface area (Å²) in [5.74, 6) is 0. The maximum absolute atomic E-state index is 8.74. The third kappa shape index (κ3) is 9.87. The molecule has 0 amide bonds. The second-order valence-corrected chi connectivity index (χ2v) is 4.86. The smallest absolute Gasteiger partial charge is 0.313 e. The minimum Gasteiger partial charge on any atom is -0.313 e. The highest BCUT2D eigenvalue weighted by molar-refractivity contribution is 7.79. The van der Waals surface area contributed by atoms with Gasteiger partial charge in [0.1, 0.15) is 0 Å². The van der Waals surface area contributed by atoms with Crippen molar-refractivity contribution in [3.05, 3.63) is 0 Å². The topological polar surface area (TPSA) is 127 Å². The van der Waals surface area contributed by atoms with Crippen LogP contribution >= 0.6 is 0 Å². The van der Waals surface area contributed by atoms with Crippen molar-refractivity contribution >= 4 is 10.4 Å². The molecule has 0 unspecified atom stereocenters. The van der Waals surface area contributed by atoms with E-state index in [1.807, 2.05) is 6.92 Å². The molecule has 88 valence electrons. The molecule has 0 radical (unpaired) electrons. The Labute approximate surface area is 85.2 Å². The van der Waals surface area contributed by atoms with Crippen LogP contribution in [0, 0.1) is 5.41 Å². The molecule has 6 N–H and O–H groups in total. The Balaban J connectivity index is 0. The predicted octanol–water partition coefficient (Wildman–Crippen LogP) is 0.403. The Kier molecular flexibility index (Phi) is 5.84. The molecule has 0 saturated heterocycles. The number of hydrogen-bond donors (Lipinski definition) is 4. The Morgan fingerprint density at radius 2 is 1.36 bits per heavy atom. The van der Waals surface area contributed by atoms with Crippen LogP contribution in [0.15, 0.2) is 0 Å². The summed E-state index contributed by atoms with van der Waals surface area (Å²) in [5, 5.41) is 0. The maximum Gasteiger partial charge on any atom is 0.394 e. The summed E-state index contributed by atoms with van der Waals surface area (Å²) in [6, 6.07) is 0. The zero-order valence-electron chi connectivity index (χ0n) is 8.98. The SMILES string of the molecule is CCC(C)(C)C(C)(N)N.O=S(=O)(O)O. The quantitative estimate of drug-likeness (QED) is 0.400. The molecule has 6 nitrogen and oxygen atoms in total. The summed E-state index contributed by atoms with van der Waals surface area (Å²) in [4.78, 5) is 0. The van der Waals surface area contributed by atoms with Gasteiger partial charge in [-0.3, -0.25) is 9.11 Å². The maximum atomic E-state index is 8.74. The van der Waals surface area contributed by atoms with Gasteiger partial charge in [0.25, 0.3) is 0 Å². The molecule has 0 atom stereocenters. The highest BCUT2D eigenvalue weighted by Crippen LogP contribution is 2.27. The standard InChI is InChI=1S/C7H18N2.H2O4S/c1-5-6(2,3)7(4,8)9;1-5(2,3)4/h5,8-9H2,1-4H3;(H2,1,2,3,4). The lowest BCUT2D eigenvalue weighted by molar-refractivity contribution is 0.182. The van der Waals surface area contributed by atoms with Crippen molar-refractivity contribution in [3.63, 3.8) is 0 Å². The van der Waals surface area contributed by atoms with Crippen LogP contribution in [0.4, 0.5) is 0 Å². The third-order valence-electron chi connectivity index (χ3n) is 2.34. The highest BCUT2D eigenvalue weighted by atomic mass is 32.3. The fourth-order valence-corrected chi connectivity index (χ4v) is 0.381. The number of nitrogens with two attached hydrogens (primary N) is 2. The van der Waals surface area contributed by atoms with Crippen LogP contribution in [0.1, 0.15) is 34.1 Å². The molecule has 0 aliphatic heterocycles. The van der Waals surface area contributed by atoms with Crippen molar-refractivity contribution < 1.29 is 17.5 Å². The van der Waals surface area contributed by atoms with Crippen molar-refractivity contribution in [1.82, 2.24) is 0 Å². The Morgan fingerprint density at radius 1 is 1.14 bits per heavy atom. The van der Waals surface area contributed by atoms with E-state index in [1.165, 1.54) is 0 Å². The van der Waals surface area contributed by atoms with E-state index in [1.54, 1.807) is 0 Å². The summed E-state index contributed by atoms with van der Waals surface area (Å²) in [5.41, 5.74) is 10.9. The summed E-state index contributed by atoms with van der Waals surface area (Å²) < 4.78 is 31.6. The minimum absolute atomic E-state index is 0.0347. The lowest BCUT2D eigenvalue weighted by atomic mass is 9.79. The molecule has 0 aliphatic carbocycles. The van der Waals surface area contributed by atoms with Crippen LogP contribution in [0.2, 0.25) is 0 Å². The first-order chi connectivity index (χ1) is 5.81. The molecular weight excluding hydrogens is 208 g/mol. The third-order valence-corrected chi connectivity index (χ3v) is 2.34. The number of rotatable bonds is 2. The number of hydrogen-bond acceptors (Lipinski definition) is 4. The second kappa shape index (κ2) is 5.04. The zero-order chi connectivity index (χ0) is 12.2. The Hall–Kier alpha value is -0.210. The molecule has 0 aromatic carbocycles. The fraction of sp³-hybridized carbons (Fsp3) is 1.00. The molecule has 0 aliphatic rings. The molecule has 0 saturated carbocycles. The van der Waals surface area contributed by atoms with Gasteiger partial charge in [-0.15, -0.1) is 0 Å². The van der Waals surface area contributed by atoms with Gasteiger partial charge in [0, 0.05) is 0 Å². The molecule has 0 aromatic heterocycles. The van der Waals surface area contributed by atoms with E-state index in [2.05, 4.69) is 20.8 Å². The van der Waals surface area contributed by atoms with Crippen LogP contribution in [0.3, 0.4) is 0 Å². The van der Waals surface area contributed by atoms with Crippen LogP contribution < -0.4 is 11.5 Å². The molecule has 0 rings (SSSR count). The van der Waals surface area contributed by atoms with E-state index in [0.29, 0.717) is 0 Å². The normalized spacial score (nSPS) is 13.1. The molecule has 0 heterocycles. The molecule has 7 heteroatoms. The van der Waals surface area contributed by atoms with Gasteiger partial charge in [-0.25, -0.2) is 0 Å². The molecular formula is C7H20N2O4S. The largest absolute Gasteiger partial charge is 0.394 e. The molecule has 0 bridgehead atoms. The van der Waals surface area contributed by atoms with Gasteiger partial charge in [0.2, 0.25) is 0 Å². The van der Waals surface area contributed by atoms with Crippen LogP contribution in [-0.2, 0) is 10.4 Å². The zero-order valence-corrected chi connectivity index (χ0v) is 9.80. The van der Waals surface area contributed by atoms with E-state index in [-0.39, 0.29) is 5.41 Å². The van der Waals surface area contributed by atoms with E-state index in [0.717, 1.165) is 6.42 Å². The summed E-state index contributed by atoms with van der Waals surface area (Å²) in [7, 11) is -4.67. The van der Waals surface area contributed by atoms with Gasteiger partial charge in [0.15, 0.2) is 0 Å². The van der Waals surface area contributed by atoms with Crippen molar-refractivity contribution in [2.24, 2.45) is 16.9 Å². The summed E-state index contributed by atoms with van der Waals surface area (Å²) in [6.45, 7) is 8.11. The van der Waals surface area contributed by atoms with Gasteiger partial charge < -0.3 is 11.5 Å². The second-order valence-electron chi connectivity index (χ2n) is 3.97. The lowest BCUT2D eigenvalue weighted by Gasteiger charge is -2.37. The predicted molar refractivity (Wildman–Crippen MR) is 55.0 cm³/mol. The first kappa shape index (κ1) is 16.2. The van der Waals surface area contributed by atoms with Gasteiger partial charge in [-0.2, -0.15) is 8.42 Å². The minimum atomic E-state index is -4.67. The first-order valence-electron chi connectivity index (χ1n) is 4.09. The molecule has 14 heavy (non-hydrogen) atoms. The van der Waals surface area contributed by atoms with E-state index in [4.69, 9.17) is 29.0 Å². The average molecular weight is 228 g/mol. The van der Waals surface area contributed by atoms with Gasteiger partial charge >= 0.3 is 10.4 Å².